The molecule has 0 aliphatic heterocycles. The van der Waals surface area contributed by atoms with E-state index < -0.39 is 5.97 Å². The summed E-state index contributed by atoms with van der Waals surface area (Å²) in [7, 11) is 1.20. The molecule has 2 aromatic rings. The number of carbonyl (C=O) groups excluding carboxylic acids is 1. The zero-order valence-electron chi connectivity index (χ0n) is 12.1. The molecule has 0 amide bonds. The molecule has 0 fully saturated rings. The number of halogens is 1. The van der Waals surface area contributed by atoms with E-state index in [1.165, 1.54) is 13.2 Å². The van der Waals surface area contributed by atoms with Crippen molar-refractivity contribution >= 4 is 23.6 Å². The van der Waals surface area contributed by atoms with Crippen molar-refractivity contribution in [3.8, 4) is 11.5 Å². The van der Waals surface area contributed by atoms with Crippen molar-refractivity contribution in [2.75, 3.05) is 7.11 Å². The first kappa shape index (κ1) is 16.4. The summed E-state index contributed by atoms with van der Waals surface area (Å²) in [5.41, 5.74) is 8.81. The van der Waals surface area contributed by atoms with Gasteiger partial charge in [-0.2, -0.15) is 0 Å². The molecular weight excluding hydrogens is 318 g/mol. The molecule has 0 N–H and O–H groups in total. The van der Waals surface area contributed by atoms with E-state index in [0.717, 1.165) is 0 Å². The minimum atomic E-state index is -0.747. The number of azide groups is 1. The fourth-order valence-corrected chi connectivity index (χ4v) is 1.97. The third-order valence-electron chi connectivity index (χ3n) is 2.79. The number of methoxy groups -OCH3 is 1. The van der Waals surface area contributed by atoms with E-state index in [2.05, 4.69) is 14.8 Å². The third-order valence-corrected chi connectivity index (χ3v) is 3.12. The summed E-state index contributed by atoms with van der Waals surface area (Å²) in [6.07, 6.45) is 1.35. The number of para-hydroxylation sites is 1. The van der Waals surface area contributed by atoms with Crippen LogP contribution in [0.25, 0.3) is 16.5 Å². The maximum atomic E-state index is 11.5. The second kappa shape index (κ2) is 7.89. The van der Waals surface area contributed by atoms with Gasteiger partial charge in [0.05, 0.1) is 12.1 Å². The van der Waals surface area contributed by atoms with Crippen LogP contribution in [0.1, 0.15) is 5.56 Å². The van der Waals surface area contributed by atoms with Crippen molar-refractivity contribution in [3.63, 3.8) is 0 Å². The molecule has 23 heavy (non-hydrogen) atoms. The minimum absolute atomic E-state index is 0.186. The van der Waals surface area contributed by atoms with E-state index in [1.54, 1.807) is 18.2 Å². The molecule has 6 nitrogen and oxygen atoms in total. The summed E-state index contributed by atoms with van der Waals surface area (Å²) < 4.78 is 10.2. The van der Waals surface area contributed by atoms with Crippen LogP contribution in [-0.4, -0.2) is 13.1 Å². The van der Waals surface area contributed by atoms with Crippen molar-refractivity contribution < 1.29 is 14.3 Å². The van der Waals surface area contributed by atoms with Gasteiger partial charge in [-0.05, 0) is 47.5 Å². The molecule has 2 rings (SSSR count). The first-order chi connectivity index (χ1) is 11.1. The van der Waals surface area contributed by atoms with Crippen LogP contribution < -0.4 is 4.74 Å². The van der Waals surface area contributed by atoms with Crippen LogP contribution >= 0.6 is 11.6 Å². The molecule has 0 saturated carbocycles. The Bertz CT molecular complexity index is 784. The zero-order valence-corrected chi connectivity index (χ0v) is 12.9. The number of hydrogen-bond acceptors (Lipinski definition) is 4. The Morgan fingerprint density at radius 1 is 1.22 bits per heavy atom. The Morgan fingerprint density at radius 2 is 1.96 bits per heavy atom. The second-order valence-corrected chi connectivity index (χ2v) is 4.72. The molecule has 0 radical (unpaired) electrons. The van der Waals surface area contributed by atoms with Crippen molar-refractivity contribution in [1.29, 1.82) is 0 Å². The second-order valence-electron chi connectivity index (χ2n) is 4.31. The molecule has 2 aromatic carbocycles. The highest BCUT2D eigenvalue weighted by atomic mass is 35.5. The van der Waals surface area contributed by atoms with Gasteiger partial charge in [-0.15, -0.1) is 0 Å². The monoisotopic (exact) mass is 329 g/mol. The van der Waals surface area contributed by atoms with E-state index in [0.29, 0.717) is 22.1 Å². The van der Waals surface area contributed by atoms with Crippen LogP contribution in [0.2, 0.25) is 5.02 Å². The smallest absolute Gasteiger partial charge is 0.340 e. The molecule has 0 heterocycles. The average molecular weight is 330 g/mol. The van der Waals surface area contributed by atoms with Crippen LogP contribution in [0.5, 0.6) is 11.5 Å². The van der Waals surface area contributed by atoms with Crippen LogP contribution in [0.4, 0.5) is 0 Å². The predicted molar refractivity (Wildman–Crippen MR) is 87.1 cm³/mol. The summed E-state index contributed by atoms with van der Waals surface area (Å²) in [6.45, 7) is 0. The van der Waals surface area contributed by atoms with E-state index in [-0.39, 0.29) is 5.70 Å². The van der Waals surface area contributed by atoms with Gasteiger partial charge in [0.2, 0.25) is 0 Å². The van der Waals surface area contributed by atoms with Crippen molar-refractivity contribution in [2.45, 2.75) is 0 Å². The molecule has 0 aromatic heterocycles. The topological polar surface area (TPSA) is 84.3 Å². The highest BCUT2D eigenvalue weighted by Crippen LogP contribution is 2.28. The van der Waals surface area contributed by atoms with Crippen molar-refractivity contribution in [1.82, 2.24) is 0 Å². The normalized spacial score (nSPS) is 10.6. The third kappa shape index (κ3) is 4.51. The van der Waals surface area contributed by atoms with Gasteiger partial charge in [-0.25, -0.2) is 4.79 Å². The quantitative estimate of drug-likeness (QED) is 0.255. The maximum Gasteiger partial charge on any atom is 0.340 e. The lowest BCUT2D eigenvalue weighted by Crippen LogP contribution is -2.02. The van der Waals surface area contributed by atoms with Gasteiger partial charge < -0.3 is 9.47 Å². The van der Waals surface area contributed by atoms with Crippen LogP contribution in [0, 0.1) is 0 Å². The van der Waals surface area contributed by atoms with Gasteiger partial charge in [-0.3, -0.25) is 0 Å². The highest BCUT2D eigenvalue weighted by Gasteiger charge is 2.09. The van der Waals surface area contributed by atoms with Crippen molar-refractivity contribution in [3.05, 3.63) is 75.3 Å². The van der Waals surface area contributed by atoms with Crippen LogP contribution in [0.3, 0.4) is 0 Å². The molecular formula is C16H12ClN3O3. The first-order valence-electron chi connectivity index (χ1n) is 6.51. The summed E-state index contributed by atoms with van der Waals surface area (Å²) in [6, 6.07) is 14.2. The molecule has 0 saturated heterocycles. The lowest BCUT2D eigenvalue weighted by atomic mass is 10.2. The average Bonchev–Trinajstić information content (AvgIpc) is 2.57. The zero-order chi connectivity index (χ0) is 16.7. The van der Waals surface area contributed by atoms with E-state index >= 15 is 0 Å². The number of benzene rings is 2. The number of nitrogens with zero attached hydrogens (tertiary/aromatic N) is 3. The van der Waals surface area contributed by atoms with Crippen molar-refractivity contribution in [2.24, 2.45) is 5.11 Å². The summed E-state index contributed by atoms with van der Waals surface area (Å²) in [5, 5.41) is 3.64. The number of rotatable bonds is 5. The standard InChI is InChI=1S/C16H12ClN3O3/c1-22-16(21)15(19-20-18)9-11-7-8-13(10-14(11)17)23-12-5-3-2-4-6-12/h2-10H,1H3/b15-9+. The Kier molecular flexibility index (Phi) is 5.63. The fraction of sp³-hybridized carbons (Fsp3) is 0.0625. The van der Waals surface area contributed by atoms with Crippen LogP contribution in [0.15, 0.2) is 59.3 Å². The Hall–Kier alpha value is -2.95. The number of ether oxygens (including phenoxy) is 2. The number of hydrogen-bond donors (Lipinski definition) is 0. The summed E-state index contributed by atoms with van der Waals surface area (Å²) in [4.78, 5) is 14.1. The fourth-order valence-electron chi connectivity index (χ4n) is 1.74. The molecule has 116 valence electrons. The minimum Gasteiger partial charge on any atom is -0.466 e. The molecule has 0 aliphatic rings. The molecule has 0 bridgehead atoms. The first-order valence-corrected chi connectivity index (χ1v) is 6.89. The molecule has 0 aliphatic carbocycles. The van der Waals surface area contributed by atoms with Gasteiger partial charge in [0.15, 0.2) is 0 Å². The Labute approximate surface area is 137 Å². The predicted octanol–water partition coefficient (Wildman–Crippen LogP) is 4.96. The van der Waals surface area contributed by atoms with Gasteiger partial charge in [-0.1, -0.05) is 34.9 Å². The van der Waals surface area contributed by atoms with Gasteiger partial charge in [0.1, 0.15) is 17.2 Å². The largest absolute Gasteiger partial charge is 0.466 e. The van der Waals surface area contributed by atoms with E-state index in [1.807, 2.05) is 30.3 Å². The highest BCUT2D eigenvalue weighted by molar-refractivity contribution is 6.32. The van der Waals surface area contributed by atoms with Gasteiger partial charge in [0, 0.05) is 4.91 Å². The lowest BCUT2D eigenvalue weighted by molar-refractivity contribution is -0.136. The number of carbonyl (C=O) groups is 1. The van der Waals surface area contributed by atoms with Crippen LogP contribution in [-0.2, 0) is 9.53 Å². The Morgan fingerprint density at radius 3 is 2.57 bits per heavy atom. The molecule has 0 atom stereocenters. The Balaban J connectivity index is 2.28. The summed E-state index contributed by atoms with van der Waals surface area (Å²) >= 11 is 6.18. The van der Waals surface area contributed by atoms with E-state index in [4.69, 9.17) is 21.9 Å². The van der Waals surface area contributed by atoms with Gasteiger partial charge in [0.25, 0.3) is 0 Å². The summed E-state index contributed by atoms with van der Waals surface area (Å²) in [5.74, 6) is 0.474. The maximum absolute atomic E-state index is 11.5. The SMILES string of the molecule is COC(=O)/C(=C\c1ccc(Oc2ccccc2)cc1Cl)N=[N+]=[N-]. The lowest BCUT2D eigenvalue weighted by Gasteiger charge is -2.07. The molecule has 7 heteroatoms. The van der Waals surface area contributed by atoms with Gasteiger partial charge >= 0.3 is 5.97 Å². The molecule has 0 spiro atoms. The van der Waals surface area contributed by atoms with E-state index in [9.17, 15) is 4.79 Å². The molecule has 0 unspecified atom stereocenters. The number of esters is 1.